The first-order valence-electron chi connectivity index (χ1n) is 9.78. The molecular formula is C21H22N4O3S2. The Morgan fingerprint density at radius 1 is 1.13 bits per heavy atom. The number of para-hydroxylation sites is 1. The van der Waals surface area contributed by atoms with Gasteiger partial charge in [0.1, 0.15) is 5.82 Å². The highest BCUT2D eigenvalue weighted by atomic mass is 32.2. The predicted octanol–water partition coefficient (Wildman–Crippen LogP) is 3.31. The number of nitrogens with zero attached hydrogens (tertiary/aromatic N) is 4. The summed E-state index contributed by atoms with van der Waals surface area (Å²) in [5.41, 5.74) is 1.42. The lowest BCUT2D eigenvalue weighted by Gasteiger charge is -2.35. The number of hydrogen-bond acceptors (Lipinski definition) is 8. The molecular weight excluding hydrogens is 420 g/mol. The molecule has 3 heterocycles. The zero-order valence-electron chi connectivity index (χ0n) is 16.6. The van der Waals surface area contributed by atoms with Gasteiger partial charge in [0.25, 0.3) is 0 Å². The molecule has 0 bridgehead atoms. The Labute approximate surface area is 183 Å². The van der Waals surface area contributed by atoms with E-state index < -0.39 is 0 Å². The fraction of sp³-hybridized carbons (Fsp3) is 0.333. The van der Waals surface area contributed by atoms with E-state index in [0.29, 0.717) is 44.1 Å². The fourth-order valence-electron chi connectivity index (χ4n) is 3.22. The number of piperazine rings is 1. The van der Waals surface area contributed by atoms with E-state index in [4.69, 9.17) is 4.74 Å². The van der Waals surface area contributed by atoms with Crippen LogP contribution < -0.4 is 4.90 Å². The first-order valence-corrected chi connectivity index (χ1v) is 11.6. The quantitative estimate of drug-likeness (QED) is 0.428. The summed E-state index contributed by atoms with van der Waals surface area (Å²) in [5, 5.41) is 0. The van der Waals surface area contributed by atoms with Crippen LogP contribution in [-0.2, 0) is 9.53 Å². The van der Waals surface area contributed by atoms with Gasteiger partial charge in [-0.1, -0.05) is 23.9 Å². The Morgan fingerprint density at radius 2 is 1.93 bits per heavy atom. The molecule has 1 aliphatic heterocycles. The first kappa shape index (κ1) is 20.6. The Morgan fingerprint density at radius 3 is 2.63 bits per heavy atom. The topological polar surface area (TPSA) is 75.6 Å². The van der Waals surface area contributed by atoms with E-state index in [1.54, 1.807) is 30.5 Å². The molecule has 0 N–H and O–H groups in total. The van der Waals surface area contributed by atoms with Gasteiger partial charge in [-0.25, -0.2) is 14.8 Å². The predicted molar refractivity (Wildman–Crippen MR) is 119 cm³/mol. The molecule has 1 aromatic carbocycles. The van der Waals surface area contributed by atoms with Gasteiger partial charge in [0.15, 0.2) is 4.34 Å². The van der Waals surface area contributed by atoms with Gasteiger partial charge in [0.2, 0.25) is 5.91 Å². The summed E-state index contributed by atoms with van der Waals surface area (Å²) in [6.45, 7) is 4.85. The number of hydrogen-bond donors (Lipinski definition) is 0. The van der Waals surface area contributed by atoms with Gasteiger partial charge in [-0.05, 0) is 31.2 Å². The van der Waals surface area contributed by atoms with Crippen LogP contribution >= 0.6 is 23.1 Å². The van der Waals surface area contributed by atoms with Crippen molar-refractivity contribution in [3.8, 4) is 0 Å². The third-order valence-electron chi connectivity index (χ3n) is 4.81. The van der Waals surface area contributed by atoms with Crippen LogP contribution in [0.4, 0.5) is 5.82 Å². The van der Waals surface area contributed by atoms with Crippen LogP contribution in [0.1, 0.15) is 17.3 Å². The summed E-state index contributed by atoms with van der Waals surface area (Å²) >= 11 is 3.12. The van der Waals surface area contributed by atoms with Crippen LogP contribution in [-0.4, -0.2) is 65.3 Å². The van der Waals surface area contributed by atoms with Crippen LogP contribution in [0.25, 0.3) is 10.2 Å². The molecule has 0 unspecified atom stereocenters. The van der Waals surface area contributed by atoms with Gasteiger partial charge in [0, 0.05) is 32.4 Å². The summed E-state index contributed by atoms with van der Waals surface area (Å²) in [6.07, 6.45) is 1.54. The maximum absolute atomic E-state index is 12.6. The molecule has 0 atom stereocenters. The Balaban J connectivity index is 1.27. The van der Waals surface area contributed by atoms with E-state index in [0.717, 1.165) is 20.4 Å². The zero-order chi connectivity index (χ0) is 20.9. The van der Waals surface area contributed by atoms with E-state index in [1.807, 2.05) is 35.2 Å². The van der Waals surface area contributed by atoms with Crippen LogP contribution in [0.3, 0.4) is 0 Å². The molecule has 1 amide bonds. The third-order valence-corrected chi connectivity index (χ3v) is 6.97. The molecule has 156 valence electrons. The number of aromatic nitrogens is 2. The maximum atomic E-state index is 12.6. The summed E-state index contributed by atoms with van der Waals surface area (Å²) in [7, 11) is 0. The summed E-state index contributed by atoms with van der Waals surface area (Å²) in [4.78, 5) is 37.3. The Kier molecular flexibility index (Phi) is 6.49. The largest absolute Gasteiger partial charge is 0.462 e. The standard InChI is InChI=1S/C21H22N4O3S2/c1-2-28-20(27)15-7-8-18(22-13-15)24-9-11-25(12-10-24)19(26)14-29-21-23-16-5-3-4-6-17(16)30-21/h3-8,13H,2,9-12,14H2,1H3. The monoisotopic (exact) mass is 442 g/mol. The molecule has 7 nitrogen and oxygen atoms in total. The van der Waals surface area contributed by atoms with Crippen LogP contribution in [0.15, 0.2) is 46.9 Å². The smallest absolute Gasteiger partial charge is 0.339 e. The van der Waals surface area contributed by atoms with Crippen molar-refractivity contribution in [1.29, 1.82) is 0 Å². The summed E-state index contributed by atoms with van der Waals surface area (Å²) in [6, 6.07) is 11.6. The number of thioether (sulfide) groups is 1. The lowest BCUT2D eigenvalue weighted by molar-refractivity contribution is -0.128. The van der Waals surface area contributed by atoms with E-state index in [1.165, 1.54) is 11.8 Å². The number of carbonyl (C=O) groups is 2. The second kappa shape index (κ2) is 9.44. The van der Waals surface area contributed by atoms with Crippen molar-refractivity contribution < 1.29 is 14.3 Å². The highest BCUT2D eigenvalue weighted by Gasteiger charge is 2.22. The van der Waals surface area contributed by atoms with Crippen molar-refractivity contribution in [2.24, 2.45) is 0 Å². The van der Waals surface area contributed by atoms with Crippen molar-refractivity contribution in [2.45, 2.75) is 11.3 Å². The minimum absolute atomic E-state index is 0.129. The number of rotatable bonds is 6. The average molecular weight is 443 g/mol. The molecule has 9 heteroatoms. The van der Waals surface area contributed by atoms with Crippen molar-refractivity contribution in [3.63, 3.8) is 0 Å². The molecule has 4 rings (SSSR count). The lowest BCUT2D eigenvalue weighted by Crippen LogP contribution is -2.49. The van der Waals surface area contributed by atoms with E-state index in [-0.39, 0.29) is 11.9 Å². The number of thiazole rings is 1. The lowest BCUT2D eigenvalue weighted by atomic mass is 10.2. The number of fused-ring (bicyclic) bond motifs is 1. The van der Waals surface area contributed by atoms with Crippen LogP contribution in [0.5, 0.6) is 0 Å². The van der Waals surface area contributed by atoms with Crippen LogP contribution in [0, 0.1) is 0 Å². The maximum Gasteiger partial charge on any atom is 0.339 e. The zero-order valence-corrected chi connectivity index (χ0v) is 18.2. The molecule has 1 fully saturated rings. The molecule has 1 aliphatic rings. The minimum atomic E-state index is -0.363. The van der Waals surface area contributed by atoms with Crippen molar-refractivity contribution in [2.75, 3.05) is 43.4 Å². The number of amides is 1. The van der Waals surface area contributed by atoms with Gasteiger partial charge in [0.05, 0.1) is 28.1 Å². The molecule has 3 aromatic rings. The molecule has 0 spiro atoms. The van der Waals surface area contributed by atoms with Gasteiger partial charge in [-0.15, -0.1) is 11.3 Å². The SMILES string of the molecule is CCOC(=O)c1ccc(N2CCN(C(=O)CSc3nc4ccccc4s3)CC2)nc1. The van der Waals surface area contributed by atoms with Crippen molar-refractivity contribution in [1.82, 2.24) is 14.9 Å². The number of anilines is 1. The van der Waals surface area contributed by atoms with Gasteiger partial charge in [-0.2, -0.15) is 0 Å². The van der Waals surface area contributed by atoms with E-state index >= 15 is 0 Å². The highest BCUT2D eigenvalue weighted by Crippen LogP contribution is 2.29. The average Bonchev–Trinajstić information content (AvgIpc) is 3.21. The summed E-state index contributed by atoms with van der Waals surface area (Å²) in [5.74, 6) is 0.966. The molecule has 0 saturated carbocycles. The first-order chi connectivity index (χ1) is 14.6. The van der Waals surface area contributed by atoms with Gasteiger partial charge in [-0.3, -0.25) is 4.79 Å². The number of benzene rings is 1. The minimum Gasteiger partial charge on any atom is -0.462 e. The third kappa shape index (κ3) is 4.73. The van der Waals surface area contributed by atoms with Gasteiger partial charge >= 0.3 is 5.97 Å². The number of carbonyl (C=O) groups excluding carboxylic acids is 2. The second-order valence-corrected chi connectivity index (χ2v) is 8.98. The van der Waals surface area contributed by atoms with E-state index in [2.05, 4.69) is 14.9 Å². The Bertz CT molecular complexity index is 997. The van der Waals surface area contributed by atoms with Crippen LogP contribution in [0.2, 0.25) is 0 Å². The van der Waals surface area contributed by atoms with E-state index in [9.17, 15) is 9.59 Å². The molecule has 30 heavy (non-hydrogen) atoms. The second-order valence-electron chi connectivity index (χ2n) is 6.73. The van der Waals surface area contributed by atoms with Crippen molar-refractivity contribution >= 4 is 51.0 Å². The number of ether oxygens (including phenoxy) is 1. The van der Waals surface area contributed by atoms with Gasteiger partial charge < -0.3 is 14.5 Å². The number of esters is 1. The highest BCUT2D eigenvalue weighted by molar-refractivity contribution is 8.01. The molecule has 2 aromatic heterocycles. The normalized spacial score (nSPS) is 14.2. The summed E-state index contributed by atoms with van der Waals surface area (Å²) < 4.78 is 7.05. The number of pyridine rings is 1. The molecule has 0 radical (unpaired) electrons. The Hall–Kier alpha value is -2.65. The fourth-order valence-corrected chi connectivity index (χ4v) is 5.19. The van der Waals surface area contributed by atoms with Crippen molar-refractivity contribution in [3.05, 3.63) is 48.2 Å². The molecule has 0 aliphatic carbocycles. The molecule has 1 saturated heterocycles.